The smallest absolute Gasteiger partial charge is 0.253 e. The third-order valence-corrected chi connectivity index (χ3v) is 5.13. The zero-order valence-electron chi connectivity index (χ0n) is 14.2. The van der Waals surface area contributed by atoms with Crippen molar-refractivity contribution in [2.24, 2.45) is 0 Å². The largest absolute Gasteiger partial charge is 0.373 e. The highest BCUT2D eigenvalue weighted by molar-refractivity contribution is 5.94. The number of hydrogen-bond donors (Lipinski definition) is 1. The summed E-state index contributed by atoms with van der Waals surface area (Å²) < 4.78 is 6.16. The number of hydrogen-bond acceptors (Lipinski definition) is 4. The van der Waals surface area contributed by atoms with Gasteiger partial charge in [0, 0.05) is 31.0 Å². The van der Waals surface area contributed by atoms with Crippen LogP contribution in [0.15, 0.2) is 54.7 Å². The zero-order valence-corrected chi connectivity index (χ0v) is 14.2. The van der Waals surface area contributed by atoms with Gasteiger partial charge in [0.25, 0.3) is 5.91 Å². The van der Waals surface area contributed by atoms with E-state index in [1.54, 1.807) is 6.20 Å². The summed E-state index contributed by atoms with van der Waals surface area (Å²) in [6, 6.07) is 15.7. The Balaban J connectivity index is 1.41. The van der Waals surface area contributed by atoms with Gasteiger partial charge in [-0.05, 0) is 43.5 Å². The molecule has 2 aromatic rings. The molecule has 1 aromatic carbocycles. The lowest BCUT2D eigenvalue weighted by molar-refractivity contribution is -0.0720. The van der Waals surface area contributed by atoms with E-state index in [0.717, 1.165) is 43.8 Å². The Morgan fingerprint density at radius 2 is 2.04 bits per heavy atom. The van der Waals surface area contributed by atoms with Crippen molar-refractivity contribution in [3.8, 4) is 0 Å². The molecule has 0 unspecified atom stereocenters. The molecule has 2 aliphatic heterocycles. The first-order valence-corrected chi connectivity index (χ1v) is 8.90. The first-order valence-electron chi connectivity index (χ1n) is 8.90. The zero-order chi connectivity index (χ0) is 17.1. The fraction of sp³-hybridized carbons (Fsp3) is 0.400. The first kappa shape index (κ1) is 16.1. The predicted molar refractivity (Wildman–Crippen MR) is 96.5 cm³/mol. The van der Waals surface area contributed by atoms with Gasteiger partial charge in [-0.25, -0.2) is 4.98 Å². The second kappa shape index (κ2) is 6.84. The van der Waals surface area contributed by atoms with E-state index in [-0.39, 0.29) is 11.5 Å². The molecule has 4 rings (SSSR count). The van der Waals surface area contributed by atoms with Gasteiger partial charge in [-0.1, -0.05) is 24.3 Å². The maximum atomic E-state index is 12.7. The minimum absolute atomic E-state index is 0.0980. The van der Waals surface area contributed by atoms with Gasteiger partial charge in [-0.2, -0.15) is 0 Å². The summed E-state index contributed by atoms with van der Waals surface area (Å²) >= 11 is 0. The van der Waals surface area contributed by atoms with Gasteiger partial charge in [0.05, 0.1) is 12.1 Å². The summed E-state index contributed by atoms with van der Waals surface area (Å²) in [5.41, 5.74) is 0.522. The van der Waals surface area contributed by atoms with E-state index in [1.165, 1.54) is 0 Å². The van der Waals surface area contributed by atoms with Crippen molar-refractivity contribution in [3.05, 3.63) is 60.3 Å². The molecule has 5 nitrogen and oxygen atoms in total. The highest BCUT2D eigenvalue weighted by Gasteiger charge is 2.44. The molecular formula is C20H23N3O2. The Hall–Kier alpha value is -2.40. The molecule has 2 saturated heterocycles. The van der Waals surface area contributed by atoms with Crippen LogP contribution >= 0.6 is 0 Å². The van der Waals surface area contributed by atoms with E-state index >= 15 is 0 Å². The van der Waals surface area contributed by atoms with Gasteiger partial charge in [-0.3, -0.25) is 4.79 Å². The lowest BCUT2D eigenvalue weighted by Crippen LogP contribution is -2.47. The maximum Gasteiger partial charge on any atom is 0.253 e. The Labute approximate surface area is 148 Å². The Kier molecular flexibility index (Phi) is 4.40. The van der Waals surface area contributed by atoms with Crippen molar-refractivity contribution in [2.75, 3.05) is 25.0 Å². The Bertz CT molecular complexity index is 722. The quantitative estimate of drug-likeness (QED) is 0.935. The fourth-order valence-corrected chi connectivity index (χ4v) is 3.87. The van der Waals surface area contributed by atoms with Gasteiger partial charge in [0.15, 0.2) is 0 Å². The Morgan fingerprint density at radius 1 is 1.20 bits per heavy atom. The van der Waals surface area contributed by atoms with Crippen LogP contribution in [0.5, 0.6) is 0 Å². The standard InChI is InChI=1S/C20H23N3O2/c24-19(16-6-2-1-3-7-16)23-12-10-20(15-23)14-17(9-13-25-20)22-18-8-4-5-11-21-18/h1-8,11,17H,9-10,12-15H2,(H,21,22)/t17-,20-/m1/s1. The monoisotopic (exact) mass is 337 g/mol. The number of carbonyl (C=O) groups excluding carboxylic acids is 1. The number of rotatable bonds is 3. The van der Waals surface area contributed by atoms with Crippen molar-refractivity contribution in [1.82, 2.24) is 9.88 Å². The second-order valence-electron chi connectivity index (χ2n) is 6.92. The third-order valence-electron chi connectivity index (χ3n) is 5.13. The Morgan fingerprint density at radius 3 is 2.84 bits per heavy atom. The minimum atomic E-state index is -0.227. The number of benzene rings is 1. The molecule has 1 spiro atoms. The van der Waals surface area contributed by atoms with Gasteiger partial charge < -0.3 is 15.0 Å². The summed E-state index contributed by atoms with van der Waals surface area (Å²) in [5, 5.41) is 3.51. The summed E-state index contributed by atoms with van der Waals surface area (Å²) in [6.45, 7) is 2.14. The van der Waals surface area contributed by atoms with Crippen molar-refractivity contribution >= 4 is 11.7 Å². The molecule has 1 amide bonds. The van der Waals surface area contributed by atoms with E-state index in [4.69, 9.17) is 4.74 Å². The number of carbonyl (C=O) groups is 1. The number of ether oxygens (including phenoxy) is 1. The molecule has 1 aromatic heterocycles. The van der Waals surface area contributed by atoms with E-state index in [1.807, 2.05) is 53.4 Å². The molecule has 130 valence electrons. The van der Waals surface area contributed by atoms with E-state index in [2.05, 4.69) is 10.3 Å². The molecule has 0 radical (unpaired) electrons. The van der Waals surface area contributed by atoms with Crippen molar-refractivity contribution in [3.63, 3.8) is 0 Å². The number of nitrogens with zero attached hydrogens (tertiary/aromatic N) is 2. The number of nitrogens with one attached hydrogen (secondary N) is 1. The summed E-state index contributed by atoms with van der Waals surface area (Å²) in [6.07, 6.45) is 4.56. The van der Waals surface area contributed by atoms with Crippen LogP contribution < -0.4 is 5.32 Å². The molecule has 25 heavy (non-hydrogen) atoms. The normalized spacial score (nSPS) is 25.9. The second-order valence-corrected chi connectivity index (χ2v) is 6.92. The van der Waals surface area contributed by atoms with E-state index in [0.29, 0.717) is 12.6 Å². The van der Waals surface area contributed by atoms with Gasteiger partial charge in [0.2, 0.25) is 0 Å². The van der Waals surface area contributed by atoms with Crippen LogP contribution in [0.2, 0.25) is 0 Å². The van der Waals surface area contributed by atoms with Crippen LogP contribution in [-0.4, -0.2) is 47.1 Å². The van der Waals surface area contributed by atoms with Gasteiger partial charge in [0.1, 0.15) is 5.82 Å². The minimum Gasteiger partial charge on any atom is -0.373 e. The van der Waals surface area contributed by atoms with E-state index in [9.17, 15) is 4.79 Å². The fourth-order valence-electron chi connectivity index (χ4n) is 3.87. The number of anilines is 1. The highest BCUT2D eigenvalue weighted by Crippen LogP contribution is 2.35. The first-order chi connectivity index (χ1) is 12.2. The van der Waals surface area contributed by atoms with Crippen LogP contribution in [-0.2, 0) is 4.74 Å². The molecule has 1 N–H and O–H groups in total. The molecular weight excluding hydrogens is 314 g/mol. The summed E-state index contributed by atoms with van der Waals surface area (Å²) in [7, 11) is 0. The van der Waals surface area contributed by atoms with Gasteiger partial charge >= 0.3 is 0 Å². The summed E-state index contributed by atoms with van der Waals surface area (Å²) in [5.74, 6) is 1.00. The molecule has 2 fully saturated rings. The van der Waals surface area contributed by atoms with E-state index < -0.39 is 0 Å². The topological polar surface area (TPSA) is 54.5 Å². The van der Waals surface area contributed by atoms with Crippen LogP contribution in [0.3, 0.4) is 0 Å². The number of amides is 1. The molecule has 0 aliphatic carbocycles. The van der Waals surface area contributed by atoms with Crippen molar-refractivity contribution in [2.45, 2.75) is 30.9 Å². The molecule has 2 aliphatic rings. The number of aromatic nitrogens is 1. The van der Waals surface area contributed by atoms with Crippen LogP contribution in [0.25, 0.3) is 0 Å². The molecule has 5 heteroatoms. The lowest BCUT2D eigenvalue weighted by atomic mass is 9.89. The van der Waals surface area contributed by atoms with Crippen LogP contribution in [0.1, 0.15) is 29.6 Å². The van der Waals surface area contributed by atoms with Crippen molar-refractivity contribution < 1.29 is 9.53 Å². The number of pyridine rings is 1. The molecule has 2 atom stereocenters. The maximum absolute atomic E-state index is 12.7. The molecule has 3 heterocycles. The average molecular weight is 337 g/mol. The lowest BCUT2D eigenvalue weighted by Gasteiger charge is -2.38. The SMILES string of the molecule is O=C(c1ccccc1)N1CC[C@@]2(C[C@H](Nc3ccccn3)CCO2)C1. The van der Waals surface area contributed by atoms with Crippen LogP contribution in [0.4, 0.5) is 5.82 Å². The predicted octanol–water partition coefficient (Wildman–Crippen LogP) is 2.96. The number of likely N-dealkylation sites (tertiary alicyclic amines) is 1. The third kappa shape index (κ3) is 3.51. The van der Waals surface area contributed by atoms with Gasteiger partial charge in [-0.15, -0.1) is 0 Å². The highest BCUT2D eigenvalue weighted by atomic mass is 16.5. The average Bonchev–Trinajstić information content (AvgIpc) is 3.06. The van der Waals surface area contributed by atoms with Crippen LogP contribution in [0, 0.1) is 0 Å². The summed E-state index contributed by atoms with van der Waals surface area (Å²) in [4.78, 5) is 19.0. The van der Waals surface area contributed by atoms with Crippen molar-refractivity contribution in [1.29, 1.82) is 0 Å². The molecule has 0 saturated carbocycles. The molecule has 0 bridgehead atoms.